The van der Waals surface area contributed by atoms with E-state index < -0.39 is 0 Å². The van der Waals surface area contributed by atoms with Crippen molar-refractivity contribution in [1.82, 2.24) is 4.90 Å². The van der Waals surface area contributed by atoms with Gasteiger partial charge in [0.15, 0.2) is 0 Å². The van der Waals surface area contributed by atoms with Crippen LogP contribution in [0.15, 0.2) is 18.2 Å². The number of hydrogen-bond donors (Lipinski definition) is 1. The van der Waals surface area contributed by atoms with Gasteiger partial charge in [0, 0.05) is 31.5 Å². The Balaban J connectivity index is 1.89. The fraction of sp³-hybridized carbons (Fsp3) is 0.400. The van der Waals surface area contributed by atoms with Crippen LogP contribution < -0.4 is 5.32 Å². The average Bonchev–Trinajstić information content (AvgIpc) is 2.65. The molecule has 1 N–H and O–H groups in total. The summed E-state index contributed by atoms with van der Waals surface area (Å²) in [5.41, 5.74) is 2.89. The Morgan fingerprint density at radius 2 is 1.65 bits per heavy atom. The molecule has 1 saturated heterocycles. The molecular formula is C15H18N2O3. The summed E-state index contributed by atoms with van der Waals surface area (Å²) >= 11 is 0. The van der Waals surface area contributed by atoms with Crippen molar-refractivity contribution >= 4 is 23.4 Å². The maximum Gasteiger partial charge on any atom is 0.229 e. The van der Waals surface area contributed by atoms with Gasteiger partial charge in [-0.2, -0.15) is 0 Å². The summed E-state index contributed by atoms with van der Waals surface area (Å²) in [5, 5.41) is 2.79. The molecule has 5 heteroatoms. The number of hydrogen-bond acceptors (Lipinski definition) is 3. The Morgan fingerprint density at radius 1 is 1.10 bits per heavy atom. The predicted molar refractivity (Wildman–Crippen MR) is 75.1 cm³/mol. The number of carbonyl (C=O) groups is 3. The molecule has 1 aliphatic heterocycles. The Morgan fingerprint density at radius 3 is 2.20 bits per heavy atom. The topological polar surface area (TPSA) is 66.5 Å². The highest BCUT2D eigenvalue weighted by Crippen LogP contribution is 2.15. The molecule has 3 amide bonds. The summed E-state index contributed by atoms with van der Waals surface area (Å²) in [6, 6.07) is 5.80. The van der Waals surface area contributed by atoms with E-state index in [1.165, 1.54) is 4.90 Å². The molecule has 5 nitrogen and oxygen atoms in total. The zero-order valence-corrected chi connectivity index (χ0v) is 11.7. The zero-order valence-electron chi connectivity index (χ0n) is 11.7. The fourth-order valence-corrected chi connectivity index (χ4v) is 2.36. The minimum absolute atomic E-state index is 0.129. The zero-order chi connectivity index (χ0) is 14.7. The number of nitrogens with zero attached hydrogens (tertiary/aromatic N) is 1. The van der Waals surface area contributed by atoms with Crippen LogP contribution in [0, 0.1) is 13.8 Å². The van der Waals surface area contributed by atoms with Gasteiger partial charge in [0.25, 0.3) is 0 Å². The fourth-order valence-electron chi connectivity index (χ4n) is 2.36. The van der Waals surface area contributed by atoms with Crippen LogP contribution in [0.25, 0.3) is 0 Å². The highest BCUT2D eigenvalue weighted by Gasteiger charge is 2.28. The Labute approximate surface area is 118 Å². The van der Waals surface area contributed by atoms with Crippen LogP contribution in [0.2, 0.25) is 0 Å². The third-order valence-electron chi connectivity index (χ3n) is 3.22. The molecule has 0 aliphatic carbocycles. The van der Waals surface area contributed by atoms with Gasteiger partial charge in [-0.25, -0.2) is 0 Å². The quantitative estimate of drug-likeness (QED) is 0.851. The van der Waals surface area contributed by atoms with Gasteiger partial charge in [-0.3, -0.25) is 19.3 Å². The largest absolute Gasteiger partial charge is 0.326 e. The summed E-state index contributed by atoms with van der Waals surface area (Å²) in [5.74, 6) is -0.564. The first-order valence-corrected chi connectivity index (χ1v) is 6.67. The minimum atomic E-state index is -0.192. The Hall–Kier alpha value is -2.17. The molecule has 1 heterocycles. The third kappa shape index (κ3) is 3.44. The Bertz CT molecular complexity index is 530. The normalized spacial score (nSPS) is 14.8. The molecule has 106 valence electrons. The van der Waals surface area contributed by atoms with Crippen LogP contribution in [0.1, 0.15) is 30.4 Å². The van der Waals surface area contributed by atoms with E-state index in [2.05, 4.69) is 5.32 Å². The van der Waals surface area contributed by atoms with Gasteiger partial charge in [-0.15, -0.1) is 0 Å². The molecule has 1 aromatic rings. The minimum Gasteiger partial charge on any atom is -0.326 e. The second-order valence-corrected chi connectivity index (χ2v) is 5.11. The van der Waals surface area contributed by atoms with E-state index in [0.29, 0.717) is 0 Å². The lowest BCUT2D eigenvalue weighted by molar-refractivity contribution is -0.138. The first-order valence-electron chi connectivity index (χ1n) is 6.67. The van der Waals surface area contributed by atoms with Gasteiger partial charge in [0.05, 0.1) is 0 Å². The van der Waals surface area contributed by atoms with Crippen LogP contribution in [0.5, 0.6) is 0 Å². The van der Waals surface area contributed by atoms with E-state index >= 15 is 0 Å². The lowest BCUT2D eigenvalue weighted by Gasteiger charge is -2.13. The van der Waals surface area contributed by atoms with E-state index in [-0.39, 0.29) is 43.5 Å². The maximum absolute atomic E-state index is 11.8. The summed E-state index contributed by atoms with van der Waals surface area (Å²) in [6.07, 6.45) is 0.652. The summed E-state index contributed by atoms with van der Waals surface area (Å²) < 4.78 is 0. The van der Waals surface area contributed by atoms with Crippen LogP contribution in [-0.4, -0.2) is 29.2 Å². The number of imide groups is 1. The molecule has 0 bridgehead atoms. The smallest absolute Gasteiger partial charge is 0.229 e. The molecule has 0 radical (unpaired) electrons. The van der Waals surface area contributed by atoms with Crippen LogP contribution >= 0.6 is 0 Å². The van der Waals surface area contributed by atoms with Crippen molar-refractivity contribution in [3.05, 3.63) is 29.3 Å². The lowest BCUT2D eigenvalue weighted by atomic mass is 10.1. The molecule has 0 atom stereocenters. The van der Waals surface area contributed by atoms with Crippen molar-refractivity contribution in [2.75, 3.05) is 11.9 Å². The number of likely N-dealkylation sites (tertiary alicyclic amines) is 1. The van der Waals surface area contributed by atoms with Crippen LogP contribution in [0.4, 0.5) is 5.69 Å². The van der Waals surface area contributed by atoms with Crippen LogP contribution in [-0.2, 0) is 14.4 Å². The SMILES string of the molecule is Cc1cc(C)cc(NC(=O)CCN2C(=O)CCC2=O)c1. The summed E-state index contributed by atoms with van der Waals surface area (Å²) in [7, 11) is 0. The molecular weight excluding hydrogens is 256 g/mol. The molecule has 1 aromatic carbocycles. The van der Waals surface area contributed by atoms with Crippen molar-refractivity contribution in [3.63, 3.8) is 0 Å². The summed E-state index contributed by atoms with van der Waals surface area (Å²) in [6.45, 7) is 4.09. The van der Waals surface area contributed by atoms with Crippen molar-refractivity contribution in [1.29, 1.82) is 0 Å². The second kappa shape index (κ2) is 5.86. The number of rotatable bonds is 4. The Kier molecular flexibility index (Phi) is 4.17. The van der Waals surface area contributed by atoms with E-state index in [4.69, 9.17) is 0 Å². The third-order valence-corrected chi connectivity index (χ3v) is 3.22. The molecule has 1 fully saturated rings. The first kappa shape index (κ1) is 14.2. The maximum atomic E-state index is 11.8. The number of aryl methyl sites for hydroxylation is 2. The molecule has 1 aliphatic rings. The molecule has 20 heavy (non-hydrogen) atoms. The highest BCUT2D eigenvalue weighted by molar-refractivity contribution is 6.02. The van der Waals surface area contributed by atoms with Crippen molar-refractivity contribution < 1.29 is 14.4 Å². The molecule has 0 aromatic heterocycles. The molecule has 0 spiro atoms. The number of amides is 3. The number of anilines is 1. The standard InChI is InChI=1S/C15H18N2O3/c1-10-7-11(2)9-12(8-10)16-13(18)5-6-17-14(19)3-4-15(17)20/h7-9H,3-6H2,1-2H3,(H,16,18). The molecule has 0 unspecified atom stereocenters. The van der Waals surface area contributed by atoms with E-state index in [1.807, 2.05) is 32.0 Å². The van der Waals surface area contributed by atoms with Gasteiger partial charge in [-0.05, 0) is 37.1 Å². The van der Waals surface area contributed by atoms with Gasteiger partial charge in [-0.1, -0.05) is 6.07 Å². The van der Waals surface area contributed by atoms with E-state index in [1.54, 1.807) is 0 Å². The van der Waals surface area contributed by atoms with Gasteiger partial charge < -0.3 is 5.32 Å². The second-order valence-electron chi connectivity index (χ2n) is 5.11. The predicted octanol–water partition coefficient (Wildman–Crippen LogP) is 1.78. The van der Waals surface area contributed by atoms with E-state index in [9.17, 15) is 14.4 Å². The van der Waals surface area contributed by atoms with Crippen molar-refractivity contribution in [2.45, 2.75) is 33.1 Å². The highest BCUT2D eigenvalue weighted by atomic mass is 16.2. The first-order chi connectivity index (χ1) is 9.45. The molecule has 2 rings (SSSR count). The number of benzene rings is 1. The van der Waals surface area contributed by atoms with Gasteiger partial charge in [0.1, 0.15) is 0 Å². The van der Waals surface area contributed by atoms with Crippen molar-refractivity contribution in [2.24, 2.45) is 0 Å². The average molecular weight is 274 g/mol. The molecule has 0 saturated carbocycles. The van der Waals surface area contributed by atoms with E-state index in [0.717, 1.165) is 16.8 Å². The lowest BCUT2D eigenvalue weighted by Crippen LogP contribution is -2.32. The monoisotopic (exact) mass is 274 g/mol. The van der Waals surface area contributed by atoms with Crippen molar-refractivity contribution in [3.8, 4) is 0 Å². The summed E-state index contributed by atoms with van der Waals surface area (Å²) in [4.78, 5) is 35.8. The van der Waals surface area contributed by atoms with Gasteiger partial charge >= 0.3 is 0 Å². The number of nitrogens with one attached hydrogen (secondary N) is 1. The van der Waals surface area contributed by atoms with Crippen LogP contribution in [0.3, 0.4) is 0 Å². The number of carbonyl (C=O) groups excluding carboxylic acids is 3. The van der Waals surface area contributed by atoms with Gasteiger partial charge in [0.2, 0.25) is 17.7 Å².